The Morgan fingerprint density at radius 1 is 1.35 bits per heavy atom. The lowest BCUT2D eigenvalue weighted by Gasteiger charge is -2.06. The Hall–Kier alpha value is -2.23. The quantitative estimate of drug-likeness (QED) is 0.756. The maximum absolute atomic E-state index is 7.30. The Kier molecular flexibility index (Phi) is 2.33. The van der Waals surface area contributed by atoms with Gasteiger partial charge in [0.15, 0.2) is 0 Å². The summed E-state index contributed by atoms with van der Waals surface area (Å²) in [5.41, 5.74) is 4.09. The Bertz CT molecular complexity index is 634. The van der Waals surface area contributed by atoms with Crippen LogP contribution >= 0.6 is 0 Å². The van der Waals surface area contributed by atoms with E-state index in [1.54, 1.807) is 0 Å². The van der Waals surface area contributed by atoms with Crippen LogP contribution in [0, 0.1) is 5.41 Å². The molecule has 1 aromatic carbocycles. The maximum Gasteiger partial charge on any atom is 0.0960 e. The zero-order valence-corrected chi connectivity index (χ0v) is 9.27. The number of aromatic amines is 1. The number of allylic oxidation sites excluding steroid dienone is 1. The largest absolute Gasteiger partial charge is 0.308 e. The number of nitrogens with zero attached hydrogens (tertiary/aromatic N) is 2. The zero-order chi connectivity index (χ0) is 11.7. The van der Waals surface area contributed by atoms with Gasteiger partial charge in [-0.1, -0.05) is 6.07 Å². The number of aliphatic imine (C=N–C) groups is 1. The third kappa shape index (κ3) is 1.67. The summed E-state index contributed by atoms with van der Waals surface area (Å²) in [6.45, 7) is 0.824. The number of dihydropyridines is 1. The normalized spacial score (nSPS) is 14.9. The summed E-state index contributed by atoms with van der Waals surface area (Å²) in [4.78, 5) is 4.18. The van der Waals surface area contributed by atoms with Crippen molar-refractivity contribution in [3.63, 3.8) is 0 Å². The van der Waals surface area contributed by atoms with Gasteiger partial charge in [-0.25, -0.2) is 0 Å². The van der Waals surface area contributed by atoms with Crippen LogP contribution in [0.3, 0.4) is 0 Å². The molecule has 0 saturated heterocycles. The molecular formula is C13H12N4. The fraction of sp³-hybridized carbons (Fsp3) is 0.154. The number of hydrogen-bond donors (Lipinski definition) is 2. The van der Waals surface area contributed by atoms with Gasteiger partial charge in [-0.15, -0.1) is 0 Å². The standard InChI is InChI=1S/C13H12N4/c14-8-9-1-2-12-11(7-9)13(17-16-12)10-3-5-15-6-4-10/h1-3,5,7-8,14H,4,6H2,(H,16,17). The minimum atomic E-state index is 0.824. The number of rotatable bonds is 2. The second-order valence-electron chi connectivity index (χ2n) is 4.02. The maximum atomic E-state index is 7.30. The van der Waals surface area contributed by atoms with Gasteiger partial charge >= 0.3 is 0 Å². The second-order valence-corrected chi connectivity index (χ2v) is 4.02. The Balaban J connectivity index is 2.19. The molecular weight excluding hydrogens is 212 g/mol. The lowest BCUT2D eigenvalue weighted by molar-refractivity contribution is 0.997. The zero-order valence-electron chi connectivity index (χ0n) is 9.27. The van der Waals surface area contributed by atoms with Gasteiger partial charge < -0.3 is 5.41 Å². The fourth-order valence-electron chi connectivity index (χ4n) is 2.05. The van der Waals surface area contributed by atoms with E-state index in [0.29, 0.717) is 0 Å². The highest BCUT2D eigenvalue weighted by Gasteiger charge is 2.11. The van der Waals surface area contributed by atoms with Gasteiger partial charge in [0, 0.05) is 24.4 Å². The monoisotopic (exact) mass is 224 g/mol. The summed E-state index contributed by atoms with van der Waals surface area (Å²) in [5.74, 6) is 0. The van der Waals surface area contributed by atoms with Crippen LogP contribution in [0.4, 0.5) is 0 Å². The van der Waals surface area contributed by atoms with Crippen LogP contribution in [0.2, 0.25) is 0 Å². The van der Waals surface area contributed by atoms with E-state index in [1.807, 2.05) is 30.5 Å². The molecule has 0 bridgehead atoms. The molecule has 1 aromatic heterocycles. The van der Waals surface area contributed by atoms with Crippen LogP contribution in [-0.2, 0) is 0 Å². The molecule has 0 atom stereocenters. The highest BCUT2D eigenvalue weighted by molar-refractivity contribution is 5.97. The van der Waals surface area contributed by atoms with Crippen LogP contribution in [-0.4, -0.2) is 29.2 Å². The molecule has 0 fully saturated rings. The predicted molar refractivity (Wildman–Crippen MR) is 69.9 cm³/mol. The molecule has 0 aliphatic carbocycles. The Morgan fingerprint density at radius 3 is 3.06 bits per heavy atom. The van der Waals surface area contributed by atoms with Crippen molar-refractivity contribution in [2.75, 3.05) is 6.54 Å². The first-order chi connectivity index (χ1) is 8.38. The number of H-pyrrole nitrogens is 1. The van der Waals surface area contributed by atoms with Crippen molar-refractivity contribution in [3.05, 3.63) is 35.5 Å². The lowest BCUT2D eigenvalue weighted by atomic mass is 10.0. The highest BCUT2D eigenvalue weighted by atomic mass is 15.1. The average Bonchev–Trinajstić information content (AvgIpc) is 2.82. The van der Waals surface area contributed by atoms with Crippen molar-refractivity contribution in [1.82, 2.24) is 10.2 Å². The van der Waals surface area contributed by atoms with Gasteiger partial charge in [-0.2, -0.15) is 5.10 Å². The van der Waals surface area contributed by atoms with Crippen molar-refractivity contribution in [3.8, 4) is 0 Å². The van der Waals surface area contributed by atoms with E-state index in [1.165, 1.54) is 11.8 Å². The van der Waals surface area contributed by atoms with Gasteiger partial charge in [0.1, 0.15) is 0 Å². The van der Waals surface area contributed by atoms with Crippen molar-refractivity contribution in [1.29, 1.82) is 5.41 Å². The summed E-state index contributed by atoms with van der Waals surface area (Å²) in [6, 6.07) is 5.87. The number of hydrogen-bond acceptors (Lipinski definition) is 3. The van der Waals surface area contributed by atoms with Crippen LogP contribution in [0.1, 0.15) is 17.7 Å². The number of aromatic nitrogens is 2. The molecule has 0 unspecified atom stereocenters. The highest BCUT2D eigenvalue weighted by Crippen LogP contribution is 2.26. The van der Waals surface area contributed by atoms with Gasteiger partial charge in [-0.05, 0) is 35.8 Å². The van der Waals surface area contributed by atoms with Gasteiger partial charge in [-0.3, -0.25) is 10.1 Å². The van der Waals surface area contributed by atoms with E-state index in [-0.39, 0.29) is 0 Å². The molecule has 1 aliphatic heterocycles. The number of benzene rings is 1. The predicted octanol–water partition coefficient (Wildman–Crippen LogP) is 2.42. The smallest absolute Gasteiger partial charge is 0.0960 e. The number of fused-ring (bicyclic) bond motifs is 1. The van der Waals surface area contributed by atoms with E-state index in [2.05, 4.69) is 15.2 Å². The van der Waals surface area contributed by atoms with Crippen LogP contribution in [0.25, 0.3) is 16.5 Å². The second kappa shape index (κ2) is 3.97. The van der Waals surface area contributed by atoms with Crippen molar-refractivity contribution < 1.29 is 0 Å². The first kappa shape index (κ1) is 9.96. The van der Waals surface area contributed by atoms with E-state index < -0.39 is 0 Å². The van der Waals surface area contributed by atoms with Gasteiger partial charge in [0.2, 0.25) is 0 Å². The molecule has 1 aliphatic rings. The van der Waals surface area contributed by atoms with E-state index in [4.69, 9.17) is 5.41 Å². The van der Waals surface area contributed by atoms with Crippen molar-refractivity contribution >= 4 is 28.9 Å². The molecule has 2 aromatic rings. The average molecular weight is 224 g/mol. The van der Waals surface area contributed by atoms with E-state index in [0.717, 1.165) is 35.1 Å². The van der Waals surface area contributed by atoms with Crippen molar-refractivity contribution in [2.24, 2.45) is 4.99 Å². The third-order valence-electron chi connectivity index (χ3n) is 2.95. The van der Waals surface area contributed by atoms with Crippen LogP contribution < -0.4 is 0 Å². The molecule has 0 amide bonds. The molecule has 0 spiro atoms. The first-order valence-corrected chi connectivity index (χ1v) is 5.56. The Labute approximate surface area is 98.6 Å². The molecule has 2 heterocycles. The minimum Gasteiger partial charge on any atom is -0.308 e. The molecule has 0 saturated carbocycles. The number of nitrogens with one attached hydrogen (secondary N) is 2. The lowest BCUT2D eigenvalue weighted by Crippen LogP contribution is -1.95. The topological polar surface area (TPSA) is 64.9 Å². The summed E-state index contributed by atoms with van der Waals surface area (Å²) in [5, 5.41) is 15.8. The molecule has 4 heteroatoms. The molecule has 3 rings (SSSR count). The van der Waals surface area contributed by atoms with Crippen LogP contribution in [0.5, 0.6) is 0 Å². The molecule has 2 N–H and O–H groups in total. The third-order valence-corrected chi connectivity index (χ3v) is 2.95. The molecule has 84 valence electrons. The summed E-state index contributed by atoms with van der Waals surface area (Å²) < 4.78 is 0. The van der Waals surface area contributed by atoms with Crippen LogP contribution in [0.15, 0.2) is 29.3 Å². The van der Waals surface area contributed by atoms with E-state index in [9.17, 15) is 0 Å². The summed E-state index contributed by atoms with van der Waals surface area (Å²) in [6.07, 6.45) is 6.12. The first-order valence-electron chi connectivity index (χ1n) is 5.56. The summed E-state index contributed by atoms with van der Waals surface area (Å²) in [7, 11) is 0. The molecule has 17 heavy (non-hydrogen) atoms. The molecule has 4 nitrogen and oxygen atoms in total. The molecule has 0 radical (unpaired) electrons. The fourth-order valence-corrected chi connectivity index (χ4v) is 2.05. The summed E-state index contributed by atoms with van der Waals surface area (Å²) >= 11 is 0. The Morgan fingerprint density at radius 2 is 2.29 bits per heavy atom. The minimum absolute atomic E-state index is 0.824. The van der Waals surface area contributed by atoms with E-state index >= 15 is 0 Å². The van der Waals surface area contributed by atoms with Gasteiger partial charge in [0.05, 0.1) is 11.2 Å². The SMILES string of the molecule is N=Cc1ccc2[nH]nc(C3=CC=NCC3)c2c1. The van der Waals surface area contributed by atoms with Gasteiger partial charge in [0.25, 0.3) is 0 Å². The van der Waals surface area contributed by atoms with Crippen molar-refractivity contribution in [2.45, 2.75) is 6.42 Å².